The Kier molecular flexibility index (Phi) is 4.67. The molecule has 0 atom stereocenters. The van der Waals surface area contributed by atoms with Crippen molar-refractivity contribution >= 4 is 34.1 Å². The molecule has 4 rings (SSSR count). The van der Waals surface area contributed by atoms with Crippen LogP contribution in [0.1, 0.15) is 0 Å². The van der Waals surface area contributed by atoms with E-state index in [9.17, 15) is 4.39 Å². The first kappa shape index (κ1) is 17.7. The Balaban J connectivity index is 1.95. The number of pyridine rings is 1. The summed E-state index contributed by atoms with van der Waals surface area (Å²) in [4.78, 5) is 15.4. The second-order valence-corrected chi connectivity index (χ2v) is 6.49. The Morgan fingerprint density at radius 1 is 1.22 bits per heavy atom. The van der Waals surface area contributed by atoms with E-state index < -0.39 is 5.82 Å². The van der Waals surface area contributed by atoms with Gasteiger partial charge in [0, 0.05) is 30.2 Å². The number of morpholine rings is 1. The maximum Gasteiger partial charge on any atom is 0.236 e. The molecule has 0 saturated carbocycles. The van der Waals surface area contributed by atoms with Gasteiger partial charge in [-0.15, -0.1) is 0 Å². The molecule has 3 aromatic rings. The highest BCUT2D eigenvalue weighted by molar-refractivity contribution is 6.35. The SMILES string of the molecule is COc1ncc(-c2nc(N3CCOCC3)nc3c(Cl)cc(F)cc23)cc1N. The lowest BCUT2D eigenvalue weighted by Crippen LogP contribution is -2.37. The fraction of sp³-hybridized carbons (Fsp3) is 0.278. The van der Waals surface area contributed by atoms with E-state index in [-0.39, 0.29) is 5.02 Å². The van der Waals surface area contributed by atoms with Crippen molar-refractivity contribution in [3.63, 3.8) is 0 Å². The Morgan fingerprint density at radius 3 is 2.70 bits per heavy atom. The molecule has 140 valence electrons. The number of benzene rings is 1. The van der Waals surface area contributed by atoms with Crippen molar-refractivity contribution in [1.29, 1.82) is 0 Å². The van der Waals surface area contributed by atoms with Crippen LogP contribution in [0.2, 0.25) is 5.02 Å². The fourth-order valence-electron chi connectivity index (χ4n) is 3.04. The lowest BCUT2D eigenvalue weighted by molar-refractivity contribution is 0.122. The van der Waals surface area contributed by atoms with Crippen LogP contribution >= 0.6 is 11.6 Å². The summed E-state index contributed by atoms with van der Waals surface area (Å²) in [6.45, 7) is 2.50. The standard InChI is InChI=1S/C18H17ClFN5O2/c1-26-17-14(21)6-10(9-22-17)15-12-7-11(20)8-13(19)16(12)24-18(23-15)25-2-4-27-5-3-25/h6-9H,2-5,21H2,1H3. The normalized spacial score (nSPS) is 14.6. The van der Waals surface area contributed by atoms with Gasteiger partial charge in [-0.1, -0.05) is 11.6 Å². The second kappa shape index (κ2) is 7.13. The number of hydrogen-bond donors (Lipinski definition) is 1. The molecular weight excluding hydrogens is 373 g/mol. The van der Waals surface area contributed by atoms with Gasteiger partial charge < -0.3 is 20.1 Å². The molecule has 0 aliphatic carbocycles. The van der Waals surface area contributed by atoms with E-state index >= 15 is 0 Å². The fourth-order valence-corrected chi connectivity index (χ4v) is 3.29. The van der Waals surface area contributed by atoms with E-state index in [0.717, 1.165) is 0 Å². The van der Waals surface area contributed by atoms with Gasteiger partial charge >= 0.3 is 0 Å². The quantitative estimate of drug-likeness (QED) is 0.736. The summed E-state index contributed by atoms with van der Waals surface area (Å²) >= 11 is 6.28. The summed E-state index contributed by atoms with van der Waals surface area (Å²) in [5.41, 5.74) is 7.95. The zero-order chi connectivity index (χ0) is 19.0. The summed E-state index contributed by atoms with van der Waals surface area (Å²) in [7, 11) is 1.49. The van der Waals surface area contributed by atoms with Gasteiger partial charge in [0.15, 0.2) is 0 Å². The Bertz CT molecular complexity index is 1010. The summed E-state index contributed by atoms with van der Waals surface area (Å²) in [6, 6.07) is 4.29. The van der Waals surface area contributed by atoms with Crippen LogP contribution in [0.15, 0.2) is 24.4 Å². The number of nitrogen functional groups attached to an aromatic ring is 1. The van der Waals surface area contributed by atoms with Crippen LogP contribution < -0.4 is 15.4 Å². The zero-order valence-corrected chi connectivity index (χ0v) is 15.3. The number of nitrogens with two attached hydrogens (primary N) is 1. The number of hydrogen-bond acceptors (Lipinski definition) is 7. The van der Waals surface area contributed by atoms with E-state index in [1.54, 1.807) is 12.3 Å². The van der Waals surface area contributed by atoms with Gasteiger partial charge in [-0.3, -0.25) is 0 Å². The van der Waals surface area contributed by atoms with Crippen molar-refractivity contribution in [2.75, 3.05) is 44.0 Å². The molecule has 7 nitrogen and oxygen atoms in total. The molecule has 1 aromatic carbocycles. The smallest absolute Gasteiger partial charge is 0.236 e. The van der Waals surface area contributed by atoms with Gasteiger partial charge in [0.25, 0.3) is 0 Å². The molecule has 0 radical (unpaired) electrons. The first-order chi connectivity index (χ1) is 13.1. The molecule has 1 aliphatic heterocycles. The van der Waals surface area contributed by atoms with Gasteiger partial charge in [0.05, 0.1) is 42.2 Å². The lowest BCUT2D eigenvalue weighted by atomic mass is 10.1. The molecule has 1 saturated heterocycles. The van der Waals surface area contributed by atoms with E-state index in [4.69, 9.17) is 26.8 Å². The van der Waals surface area contributed by atoms with Crippen molar-refractivity contribution in [2.24, 2.45) is 0 Å². The first-order valence-corrected chi connectivity index (χ1v) is 8.74. The number of aromatic nitrogens is 3. The molecule has 2 aromatic heterocycles. The molecule has 9 heteroatoms. The van der Waals surface area contributed by atoms with Crippen molar-refractivity contribution < 1.29 is 13.9 Å². The van der Waals surface area contributed by atoms with Gasteiger partial charge in [-0.2, -0.15) is 0 Å². The van der Waals surface area contributed by atoms with Crippen LogP contribution in [-0.4, -0.2) is 48.4 Å². The van der Waals surface area contributed by atoms with E-state index in [2.05, 4.69) is 15.0 Å². The van der Waals surface area contributed by atoms with Crippen molar-refractivity contribution in [3.8, 4) is 17.1 Å². The van der Waals surface area contributed by atoms with E-state index in [0.29, 0.717) is 66.0 Å². The highest BCUT2D eigenvalue weighted by Crippen LogP contribution is 2.34. The summed E-state index contributed by atoms with van der Waals surface area (Å²) in [6.07, 6.45) is 1.58. The third kappa shape index (κ3) is 3.33. The van der Waals surface area contributed by atoms with Gasteiger partial charge in [-0.25, -0.2) is 19.3 Å². The van der Waals surface area contributed by atoms with E-state index in [1.807, 2.05) is 4.90 Å². The van der Waals surface area contributed by atoms with Crippen molar-refractivity contribution in [3.05, 3.63) is 35.2 Å². The molecule has 3 heterocycles. The van der Waals surface area contributed by atoms with Gasteiger partial charge in [-0.05, 0) is 18.2 Å². The van der Waals surface area contributed by atoms with Crippen LogP contribution in [0.4, 0.5) is 16.0 Å². The number of anilines is 2. The number of halogens is 2. The third-order valence-electron chi connectivity index (χ3n) is 4.35. The molecule has 1 fully saturated rings. The maximum atomic E-state index is 14.0. The number of methoxy groups -OCH3 is 1. The predicted molar refractivity (Wildman–Crippen MR) is 102 cm³/mol. The second-order valence-electron chi connectivity index (χ2n) is 6.08. The molecular formula is C18H17ClFN5O2. The third-order valence-corrected chi connectivity index (χ3v) is 4.63. The monoisotopic (exact) mass is 389 g/mol. The van der Waals surface area contributed by atoms with Crippen LogP contribution in [0.25, 0.3) is 22.2 Å². The lowest BCUT2D eigenvalue weighted by Gasteiger charge is -2.27. The Hall–Kier alpha value is -2.71. The Labute approximate surface area is 159 Å². The average Bonchev–Trinajstić information content (AvgIpc) is 2.68. The number of rotatable bonds is 3. The molecule has 27 heavy (non-hydrogen) atoms. The number of nitrogens with zero attached hydrogens (tertiary/aromatic N) is 4. The minimum atomic E-state index is -0.467. The van der Waals surface area contributed by atoms with Gasteiger partial charge in [0.1, 0.15) is 5.82 Å². The Morgan fingerprint density at radius 2 is 2.00 bits per heavy atom. The number of ether oxygens (including phenoxy) is 2. The molecule has 0 unspecified atom stereocenters. The van der Waals surface area contributed by atoms with Crippen LogP contribution in [-0.2, 0) is 4.74 Å². The van der Waals surface area contributed by atoms with Crippen LogP contribution in [0, 0.1) is 5.82 Å². The predicted octanol–water partition coefficient (Wildman–Crippen LogP) is 2.91. The van der Waals surface area contributed by atoms with Crippen LogP contribution in [0.3, 0.4) is 0 Å². The largest absolute Gasteiger partial charge is 0.480 e. The molecule has 0 spiro atoms. The summed E-state index contributed by atoms with van der Waals surface area (Å²) in [5.74, 6) is 0.351. The van der Waals surface area contributed by atoms with Crippen molar-refractivity contribution in [1.82, 2.24) is 15.0 Å². The topological polar surface area (TPSA) is 86.4 Å². The summed E-state index contributed by atoms with van der Waals surface area (Å²) in [5, 5.41) is 0.709. The van der Waals surface area contributed by atoms with E-state index in [1.165, 1.54) is 19.2 Å². The minimum Gasteiger partial charge on any atom is -0.480 e. The maximum absolute atomic E-state index is 14.0. The van der Waals surface area contributed by atoms with Crippen LogP contribution in [0.5, 0.6) is 5.88 Å². The van der Waals surface area contributed by atoms with Gasteiger partial charge in [0.2, 0.25) is 11.8 Å². The average molecular weight is 390 g/mol. The first-order valence-electron chi connectivity index (χ1n) is 8.36. The number of fused-ring (bicyclic) bond motifs is 1. The highest BCUT2D eigenvalue weighted by atomic mass is 35.5. The molecule has 0 bridgehead atoms. The van der Waals surface area contributed by atoms with Crippen molar-refractivity contribution in [2.45, 2.75) is 0 Å². The highest BCUT2D eigenvalue weighted by Gasteiger charge is 2.20. The molecule has 0 amide bonds. The molecule has 2 N–H and O–H groups in total. The minimum absolute atomic E-state index is 0.220. The molecule has 1 aliphatic rings. The summed E-state index contributed by atoms with van der Waals surface area (Å²) < 4.78 is 24.5. The zero-order valence-electron chi connectivity index (χ0n) is 14.6.